The van der Waals surface area contributed by atoms with E-state index < -0.39 is 0 Å². The lowest BCUT2D eigenvalue weighted by Crippen LogP contribution is -3.00. The second kappa shape index (κ2) is 8.29. The fourth-order valence-electron chi connectivity index (χ4n) is 2.97. The van der Waals surface area contributed by atoms with E-state index in [1.54, 1.807) is 0 Å². The summed E-state index contributed by atoms with van der Waals surface area (Å²) in [7, 11) is 0. The highest BCUT2D eigenvalue weighted by molar-refractivity contribution is 9.11. The molecule has 4 aromatic rings. The number of aromatic nitrogens is 2. The molecule has 0 aliphatic rings. The second-order valence-electron chi connectivity index (χ2n) is 5.87. The van der Waals surface area contributed by atoms with Crippen LogP contribution < -0.4 is 21.5 Å². The van der Waals surface area contributed by atoms with Crippen molar-refractivity contribution in [2.45, 2.75) is 13.1 Å². The number of fused-ring (bicyclic) bond motifs is 1. The number of hydrogen-bond donors (Lipinski definition) is 0. The minimum absolute atomic E-state index is 0. The topological polar surface area (TPSA) is 25.9 Å². The summed E-state index contributed by atoms with van der Waals surface area (Å²) in [5, 5.41) is 0. The van der Waals surface area contributed by atoms with Gasteiger partial charge in [-0.05, 0) is 45.8 Å². The SMILES string of the molecule is O=C(Cn1c[n+](Cc2ccccc2)c2ccccc21)c1ccc(Br)s1.[Br-]. The second-order valence-corrected chi connectivity index (χ2v) is 8.34. The average molecular weight is 492 g/mol. The number of hydrogen-bond acceptors (Lipinski definition) is 2. The molecule has 0 fully saturated rings. The largest absolute Gasteiger partial charge is 1.00 e. The Morgan fingerprint density at radius 2 is 1.73 bits per heavy atom. The van der Waals surface area contributed by atoms with E-state index in [2.05, 4.69) is 44.8 Å². The third-order valence-corrected chi connectivity index (χ3v) is 5.80. The molecule has 2 heterocycles. The van der Waals surface area contributed by atoms with Gasteiger partial charge >= 0.3 is 0 Å². The maximum Gasteiger partial charge on any atom is 0.245 e. The van der Waals surface area contributed by atoms with Crippen molar-refractivity contribution < 1.29 is 26.3 Å². The van der Waals surface area contributed by atoms with Crippen molar-refractivity contribution in [2.24, 2.45) is 0 Å². The van der Waals surface area contributed by atoms with Crippen molar-refractivity contribution >= 4 is 44.1 Å². The number of imidazole rings is 1. The molecule has 0 spiro atoms. The highest BCUT2D eigenvalue weighted by atomic mass is 79.9. The first-order valence-electron chi connectivity index (χ1n) is 8.00. The summed E-state index contributed by atoms with van der Waals surface area (Å²) < 4.78 is 5.21. The third kappa shape index (κ3) is 3.98. The molecule has 4 rings (SSSR count). The van der Waals surface area contributed by atoms with Crippen LogP contribution in [0.4, 0.5) is 0 Å². The Morgan fingerprint density at radius 1 is 1.00 bits per heavy atom. The summed E-state index contributed by atoms with van der Waals surface area (Å²) in [6.45, 7) is 1.13. The lowest BCUT2D eigenvalue weighted by atomic mass is 10.2. The number of ketones is 1. The quantitative estimate of drug-likeness (QED) is 0.308. The van der Waals surface area contributed by atoms with Gasteiger partial charge in [-0.2, -0.15) is 0 Å². The Labute approximate surface area is 174 Å². The number of Topliss-reactive ketones (excluding diaryl/α,β-unsaturated/α-hetero) is 1. The molecule has 2 aromatic carbocycles. The summed E-state index contributed by atoms with van der Waals surface area (Å²) in [6.07, 6.45) is 2.04. The van der Waals surface area contributed by atoms with Crippen LogP contribution in [0, 0.1) is 0 Å². The normalized spacial score (nSPS) is 10.7. The van der Waals surface area contributed by atoms with E-state index in [1.807, 2.05) is 53.4 Å². The highest BCUT2D eigenvalue weighted by Crippen LogP contribution is 2.23. The molecule has 2 aromatic heterocycles. The first kappa shape index (κ1) is 19.0. The van der Waals surface area contributed by atoms with Crippen LogP contribution in [0.1, 0.15) is 15.2 Å². The molecule has 0 radical (unpaired) electrons. The minimum Gasteiger partial charge on any atom is -1.00 e. The molecule has 0 saturated heterocycles. The first-order chi connectivity index (χ1) is 12.2. The molecule has 132 valence electrons. The number of rotatable bonds is 5. The molecule has 0 N–H and O–H groups in total. The summed E-state index contributed by atoms with van der Waals surface area (Å²) >= 11 is 4.90. The van der Waals surface area contributed by atoms with Gasteiger partial charge in [0, 0.05) is 0 Å². The predicted molar refractivity (Wildman–Crippen MR) is 104 cm³/mol. The maximum atomic E-state index is 12.6. The fourth-order valence-corrected chi connectivity index (χ4v) is 4.29. The zero-order valence-corrected chi connectivity index (χ0v) is 17.8. The van der Waals surface area contributed by atoms with Crippen LogP contribution in [0.15, 0.2) is 76.8 Å². The Balaban J connectivity index is 0.00000196. The summed E-state index contributed by atoms with van der Waals surface area (Å²) in [6, 6.07) is 22.4. The monoisotopic (exact) mass is 490 g/mol. The molecule has 0 bridgehead atoms. The van der Waals surface area contributed by atoms with Gasteiger partial charge in [0.15, 0.2) is 17.6 Å². The van der Waals surface area contributed by atoms with Gasteiger partial charge in [-0.3, -0.25) is 4.79 Å². The Morgan fingerprint density at radius 3 is 2.46 bits per heavy atom. The van der Waals surface area contributed by atoms with Crippen LogP contribution in [0.5, 0.6) is 0 Å². The van der Waals surface area contributed by atoms with Crippen LogP contribution in [0.3, 0.4) is 0 Å². The summed E-state index contributed by atoms with van der Waals surface area (Å²) in [5.41, 5.74) is 3.44. The van der Waals surface area contributed by atoms with Gasteiger partial charge in [0.2, 0.25) is 12.1 Å². The smallest absolute Gasteiger partial charge is 0.245 e. The molecule has 0 aliphatic carbocycles. The Kier molecular flexibility index (Phi) is 6.06. The highest BCUT2D eigenvalue weighted by Gasteiger charge is 2.19. The molecule has 0 unspecified atom stereocenters. The molecular weight excluding hydrogens is 476 g/mol. The van der Waals surface area contributed by atoms with E-state index in [9.17, 15) is 4.79 Å². The van der Waals surface area contributed by atoms with E-state index in [1.165, 1.54) is 16.9 Å². The fraction of sp³-hybridized carbons (Fsp3) is 0.100. The zero-order chi connectivity index (χ0) is 17.2. The van der Waals surface area contributed by atoms with E-state index in [0.29, 0.717) is 6.54 Å². The van der Waals surface area contributed by atoms with Gasteiger partial charge in [-0.25, -0.2) is 9.13 Å². The number of carbonyl (C=O) groups is 1. The van der Waals surface area contributed by atoms with Crippen LogP contribution in [0.2, 0.25) is 0 Å². The predicted octanol–water partition coefficient (Wildman–Crippen LogP) is 1.69. The van der Waals surface area contributed by atoms with Gasteiger partial charge < -0.3 is 17.0 Å². The van der Waals surface area contributed by atoms with Crippen LogP contribution in [-0.4, -0.2) is 10.4 Å². The van der Waals surface area contributed by atoms with Gasteiger partial charge in [0.05, 0.1) is 8.66 Å². The first-order valence-corrected chi connectivity index (χ1v) is 9.61. The van der Waals surface area contributed by atoms with E-state index >= 15 is 0 Å². The average Bonchev–Trinajstić information content (AvgIpc) is 3.21. The number of thiophene rings is 1. The maximum absolute atomic E-state index is 12.6. The number of halogens is 2. The van der Waals surface area contributed by atoms with Crippen molar-refractivity contribution in [1.82, 2.24) is 4.57 Å². The molecule has 6 heteroatoms. The Bertz CT molecular complexity index is 1040. The van der Waals surface area contributed by atoms with Crippen molar-refractivity contribution in [2.75, 3.05) is 0 Å². The zero-order valence-electron chi connectivity index (χ0n) is 13.8. The van der Waals surface area contributed by atoms with Gasteiger partial charge in [0.25, 0.3) is 0 Å². The molecule has 0 saturated carbocycles. The van der Waals surface area contributed by atoms with Crippen LogP contribution in [-0.2, 0) is 13.1 Å². The number of benzene rings is 2. The Hall–Kier alpha value is -1.76. The minimum atomic E-state index is 0. The molecule has 3 nitrogen and oxygen atoms in total. The van der Waals surface area contributed by atoms with E-state index in [4.69, 9.17) is 0 Å². The lowest BCUT2D eigenvalue weighted by Gasteiger charge is -1.98. The van der Waals surface area contributed by atoms with Crippen molar-refractivity contribution in [3.63, 3.8) is 0 Å². The van der Waals surface area contributed by atoms with Gasteiger partial charge in [0.1, 0.15) is 6.54 Å². The van der Waals surface area contributed by atoms with Gasteiger partial charge in [-0.15, -0.1) is 11.3 Å². The third-order valence-electron chi connectivity index (χ3n) is 4.14. The van der Waals surface area contributed by atoms with Crippen molar-refractivity contribution in [1.29, 1.82) is 0 Å². The molecule has 0 aliphatic heterocycles. The molecule has 26 heavy (non-hydrogen) atoms. The van der Waals surface area contributed by atoms with Crippen molar-refractivity contribution in [3.05, 3.63) is 87.3 Å². The van der Waals surface area contributed by atoms with Crippen LogP contribution >= 0.6 is 27.3 Å². The molecule has 0 amide bonds. The number of para-hydroxylation sites is 2. The lowest BCUT2D eigenvalue weighted by molar-refractivity contribution is -0.663. The summed E-state index contributed by atoms with van der Waals surface area (Å²) in [5.74, 6) is 0.128. The number of nitrogens with zero attached hydrogens (tertiary/aromatic N) is 2. The van der Waals surface area contributed by atoms with Crippen molar-refractivity contribution in [3.8, 4) is 0 Å². The summed E-state index contributed by atoms with van der Waals surface area (Å²) in [4.78, 5) is 13.4. The molecule has 0 atom stereocenters. The van der Waals surface area contributed by atoms with E-state index in [0.717, 1.165) is 26.2 Å². The van der Waals surface area contributed by atoms with Gasteiger partial charge in [-0.1, -0.05) is 42.5 Å². The molecular formula is C20H16Br2N2OS. The van der Waals surface area contributed by atoms with Crippen LogP contribution in [0.25, 0.3) is 11.0 Å². The van der Waals surface area contributed by atoms with E-state index in [-0.39, 0.29) is 22.8 Å². The standard InChI is InChI=1S/C20H16BrN2OS.BrH/c21-20-11-10-19(25-20)18(24)13-23-14-22(12-15-6-2-1-3-7-15)16-8-4-5-9-17(16)23;/h1-11,14H,12-13H2;1H/q+1;/p-1. The number of carbonyl (C=O) groups excluding carboxylic acids is 1.